The highest BCUT2D eigenvalue weighted by atomic mass is 79.9. The molecule has 0 fully saturated rings. The lowest BCUT2D eigenvalue weighted by Crippen LogP contribution is -2.13. The molecule has 0 aliphatic heterocycles. The molecular formula is C12H6Br2Cl2N2O. The normalized spacial score (nSPS) is 10.3. The van der Waals surface area contributed by atoms with Crippen LogP contribution in [0.4, 0.5) is 5.69 Å². The van der Waals surface area contributed by atoms with Crippen LogP contribution in [0.15, 0.2) is 39.5 Å². The molecule has 3 nitrogen and oxygen atoms in total. The number of hydrogen-bond donors (Lipinski definition) is 1. The van der Waals surface area contributed by atoms with Crippen molar-refractivity contribution in [2.75, 3.05) is 5.32 Å². The number of anilines is 1. The van der Waals surface area contributed by atoms with E-state index < -0.39 is 0 Å². The first kappa shape index (κ1) is 14.8. The molecule has 0 atom stereocenters. The van der Waals surface area contributed by atoms with Crippen molar-refractivity contribution in [3.05, 3.63) is 55.1 Å². The van der Waals surface area contributed by atoms with E-state index in [1.807, 2.05) is 0 Å². The number of rotatable bonds is 2. The number of benzene rings is 1. The minimum atomic E-state index is -0.333. The molecule has 1 heterocycles. The SMILES string of the molecule is O=C(Nc1c(Cl)cc(Br)cc1Cl)c1cncc(Br)c1. The number of nitrogens with zero attached hydrogens (tertiary/aromatic N) is 1. The summed E-state index contributed by atoms with van der Waals surface area (Å²) in [6.07, 6.45) is 3.05. The first-order valence-electron chi connectivity index (χ1n) is 5.04. The Morgan fingerprint density at radius 2 is 1.68 bits per heavy atom. The van der Waals surface area contributed by atoms with Crippen molar-refractivity contribution in [3.63, 3.8) is 0 Å². The van der Waals surface area contributed by atoms with Gasteiger partial charge in [-0.3, -0.25) is 9.78 Å². The second-order valence-corrected chi connectivity index (χ2v) is 6.24. The van der Waals surface area contributed by atoms with Crippen molar-refractivity contribution in [2.45, 2.75) is 0 Å². The van der Waals surface area contributed by atoms with Crippen molar-refractivity contribution in [2.24, 2.45) is 0 Å². The van der Waals surface area contributed by atoms with E-state index in [0.29, 0.717) is 25.8 Å². The number of carbonyl (C=O) groups excluding carboxylic acids is 1. The smallest absolute Gasteiger partial charge is 0.257 e. The van der Waals surface area contributed by atoms with Gasteiger partial charge in [0.25, 0.3) is 5.91 Å². The molecule has 0 spiro atoms. The third kappa shape index (κ3) is 3.69. The second kappa shape index (κ2) is 6.22. The van der Waals surface area contributed by atoms with E-state index in [4.69, 9.17) is 23.2 Å². The van der Waals surface area contributed by atoms with E-state index in [0.717, 1.165) is 4.47 Å². The molecule has 0 saturated carbocycles. The zero-order valence-electron chi connectivity index (χ0n) is 9.25. The Balaban J connectivity index is 2.29. The molecule has 1 amide bonds. The van der Waals surface area contributed by atoms with Crippen LogP contribution in [0.2, 0.25) is 10.0 Å². The minimum Gasteiger partial charge on any atom is -0.319 e. The fourth-order valence-corrected chi connectivity index (χ4v) is 3.05. The summed E-state index contributed by atoms with van der Waals surface area (Å²) in [5, 5.41) is 3.38. The maximum Gasteiger partial charge on any atom is 0.257 e. The van der Waals surface area contributed by atoms with Crippen LogP contribution in [-0.2, 0) is 0 Å². The number of hydrogen-bond acceptors (Lipinski definition) is 2. The van der Waals surface area contributed by atoms with E-state index in [9.17, 15) is 4.79 Å². The number of amides is 1. The van der Waals surface area contributed by atoms with Crippen molar-refractivity contribution in [1.82, 2.24) is 4.98 Å². The standard InChI is InChI=1S/C12H6Br2Cl2N2O/c13-7-2-9(15)11(10(16)3-7)18-12(19)6-1-8(14)5-17-4-6/h1-5H,(H,18,19). The van der Waals surface area contributed by atoms with Gasteiger partial charge in [0.1, 0.15) is 0 Å². The van der Waals surface area contributed by atoms with E-state index in [1.54, 1.807) is 24.4 Å². The molecule has 0 aliphatic carbocycles. The first-order valence-corrected chi connectivity index (χ1v) is 7.38. The second-order valence-electron chi connectivity index (χ2n) is 3.59. The zero-order valence-corrected chi connectivity index (χ0v) is 13.9. The van der Waals surface area contributed by atoms with Crippen LogP contribution in [0.3, 0.4) is 0 Å². The first-order chi connectivity index (χ1) is 8.97. The van der Waals surface area contributed by atoms with Gasteiger partial charge in [-0.2, -0.15) is 0 Å². The van der Waals surface area contributed by atoms with Gasteiger partial charge in [0.15, 0.2) is 0 Å². The predicted molar refractivity (Wildman–Crippen MR) is 84.1 cm³/mol. The summed E-state index contributed by atoms with van der Waals surface area (Å²) >= 11 is 18.6. The Morgan fingerprint density at radius 1 is 1.05 bits per heavy atom. The monoisotopic (exact) mass is 422 g/mol. The number of pyridine rings is 1. The lowest BCUT2D eigenvalue weighted by Gasteiger charge is -2.09. The average Bonchev–Trinajstić information content (AvgIpc) is 2.33. The third-order valence-corrected chi connectivity index (χ3v) is 3.70. The Hall–Kier alpha value is -0.620. The third-order valence-electron chi connectivity index (χ3n) is 2.21. The lowest BCUT2D eigenvalue weighted by atomic mass is 10.2. The molecule has 0 aliphatic rings. The minimum absolute atomic E-state index is 0.333. The van der Waals surface area contributed by atoms with Crippen LogP contribution in [0.25, 0.3) is 0 Å². The lowest BCUT2D eigenvalue weighted by molar-refractivity contribution is 0.102. The summed E-state index contributed by atoms with van der Waals surface area (Å²) < 4.78 is 1.46. The van der Waals surface area contributed by atoms with E-state index >= 15 is 0 Å². The predicted octanol–water partition coefficient (Wildman–Crippen LogP) is 5.17. The average molecular weight is 425 g/mol. The number of aromatic nitrogens is 1. The summed E-state index contributed by atoms with van der Waals surface area (Å²) in [7, 11) is 0. The topological polar surface area (TPSA) is 42.0 Å². The molecule has 0 bridgehead atoms. The molecule has 0 saturated heterocycles. The molecule has 1 aromatic carbocycles. The zero-order chi connectivity index (χ0) is 14.0. The molecular weight excluding hydrogens is 419 g/mol. The molecule has 98 valence electrons. The summed E-state index contributed by atoms with van der Waals surface area (Å²) in [6.45, 7) is 0. The number of nitrogens with one attached hydrogen (secondary N) is 1. The van der Waals surface area contributed by atoms with Gasteiger partial charge in [-0.1, -0.05) is 39.1 Å². The van der Waals surface area contributed by atoms with Crippen molar-refractivity contribution in [3.8, 4) is 0 Å². The van der Waals surface area contributed by atoms with Crippen molar-refractivity contribution >= 4 is 66.7 Å². The molecule has 19 heavy (non-hydrogen) atoms. The molecule has 2 rings (SSSR count). The summed E-state index contributed by atoms with van der Waals surface area (Å²) in [6, 6.07) is 4.97. The van der Waals surface area contributed by atoms with Gasteiger partial charge >= 0.3 is 0 Å². The molecule has 1 aromatic heterocycles. The Labute approximate surface area is 136 Å². The van der Waals surface area contributed by atoms with Crippen LogP contribution < -0.4 is 5.32 Å². The molecule has 1 N–H and O–H groups in total. The Kier molecular flexibility index (Phi) is 4.84. The largest absolute Gasteiger partial charge is 0.319 e. The molecule has 0 unspecified atom stereocenters. The van der Waals surface area contributed by atoms with Crippen LogP contribution in [0, 0.1) is 0 Å². The highest BCUT2D eigenvalue weighted by Gasteiger charge is 2.13. The highest BCUT2D eigenvalue weighted by Crippen LogP contribution is 2.34. The fraction of sp³-hybridized carbons (Fsp3) is 0. The molecule has 7 heteroatoms. The fourth-order valence-electron chi connectivity index (χ4n) is 1.38. The van der Waals surface area contributed by atoms with Gasteiger partial charge in [0, 0.05) is 21.3 Å². The van der Waals surface area contributed by atoms with Gasteiger partial charge < -0.3 is 5.32 Å². The van der Waals surface area contributed by atoms with E-state index in [1.165, 1.54) is 6.20 Å². The maximum absolute atomic E-state index is 12.1. The van der Waals surface area contributed by atoms with E-state index in [2.05, 4.69) is 42.2 Å². The van der Waals surface area contributed by atoms with Gasteiger partial charge in [-0.15, -0.1) is 0 Å². The molecule has 2 aromatic rings. The van der Waals surface area contributed by atoms with Gasteiger partial charge in [0.2, 0.25) is 0 Å². The highest BCUT2D eigenvalue weighted by molar-refractivity contribution is 9.10. The van der Waals surface area contributed by atoms with Crippen molar-refractivity contribution in [1.29, 1.82) is 0 Å². The number of halogens is 4. The van der Waals surface area contributed by atoms with Crippen LogP contribution in [0.1, 0.15) is 10.4 Å². The van der Waals surface area contributed by atoms with Crippen LogP contribution in [-0.4, -0.2) is 10.9 Å². The summed E-state index contributed by atoms with van der Waals surface area (Å²) in [5.41, 5.74) is 0.779. The van der Waals surface area contributed by atoms with Crippen LogP contribution in [0.5, 0.6) is 0 Å². The van der Waals surface area contributed by atoms with Gasteiger partial charge in [-0.05, 0) is 34.1 Å². The summed E-state index contributed by atoms with van der Waals surface area (Å²) in [4.78, 5) is 16.0. The number of carbonyl (C=O) groups is 1. The van der Waals surface area contributed by atoms with Gasteiger partial charge in [0.05, 0.1) is 21.3 Å². The Bertz CT molecular complexity index is 626. The summed E-state index contributed by atoms with van der Waals surface area (Å²) in [5.74, 6) is -0.333. The van der Waals surface area contributed by atoms with E-state index in [-0.39, 0.29) is 5.91 Å². The van der Waals surface area contributed by atoms with Crippen molar-refractivity contribution < 1.29 is 4.79 Å². The Morgan fingerprint density at radius 3 is 2.26 bits per heavy atom. The van der Waals surface area contributed by atoms with Gasteiger partial charge in [-0.25, -0.2) is 0 Å². The maximum atomic E-state index is 12.1. The quantitative estimate of drug-likeness (QED) is 0.723. The molecule has 0 radical (unpaired) electrons. The van der Waals surface area contributed by atoms with Crippen LogP contribution >= 0.6 is 55.1 Å².